The fraction of sp³-hybridized carbons (Fsp3) is 0.174. The first-order valence-electron chi connectivity index (χ1n) is 10.2. The van der Waals surface area contributed by atoms with Gasteiger partial charge in [0.05, 0.1) is 11.4 Å². The van der Waals surface area contributed by atoms with Crippen LogP contribution in [-0.4, -0.2) is 50.2 Å². The fourth-order valence-electron chi connectivity index (χ4n) is 3.72. The molecule has 1 unspecified atom stereocenters. The summed E-state index contributed by atoms with van der Waals surface area (Å²) >= 11 is 0. The number of hydrogen-bond donors (Lipinski definition) is 2. The van der Waals surface area contributed by atoms with Crippen molar-refractivity contribution < 1.29 is 4.79 Å². The van der Waals surface area contributed by atoms with Gasteiger partial charge in [-0.2, -0.15) is 5.10 Å². The van der Waals surface area contributed by atoms with Crippen LogP contribution in [0.3, 0.4) is 0 Å². The highest BCUT2D eigenvalue weighted by Crippen LogP contribution is 2.21. The van der Waals surface area contributed by atoms with Crippen molar-refractivity contribution >= 4 is 11.9 Å². The second-order valence-electron chi connectivity index (χ2n) is 7.44. The van der Waals surface area contributed by atoms with Gasteiger partial charge in [0.15, 0.2) is 0 Å². The van der Waals surface area contributed by atoms with Gasteiger partial charge in [-0.3, -0.25) is 14.9 Å². The number of amides is 1. The maximum atomic E-state index is 12.7. The number of hydrogen-bond acceptors (Lipinski definition) is 6. The Morgan fingerprint density at radius 3 is 2.71 bits per heavy atom. The van der Waals surface area contributed by atoms with Crippen molar-refractivity contribution in [2.75, 3.05) is 18.0 Å². The van der Waals surface area contributed by atoms with Gasteiger partial charge in [-0.1, -0.05) is 12.1 Å². The van der Waals surface area contributed by atoms with E-state index in [0.717, 1.165) is 35.5 Å². The van der Waals surface area contributed by atoms with Crippen LogP contribution in [0.4, 0.5) is 5.95 Å². The van der Waals surface area contributed by atoms with Crippen LogP contribution < -0.4 is 10.2 Å². The molecule has 1 aliphatic heterocycles. The minimum atomic E-state index is -0.0759. The average molecular weight is 411 g/mol. The number of aromatic amines is 1. The van der Waals surface area contributed by atoms with Gasteiger partial charge in [-0.15, -0.1) is 0 Å². The van der Waals surface area contributed by atoms with E-state index in [0.29, 0.717) is 18.1 Å². The van der Waals surface area contributed by atoms with Crippen LogP contribution in [-0.2, 0) is 0 Å². The molecule has 31 heavy (non-hydrogen) atoms. The van der Waals surface area contributed by atoms with E-state index in [1.165, 1.54) is 0 Å². The predicted molar refractivity (Wildman–Crippen MR) is 117 cm³/mol. The molecular weight excluding hydrogens is 390 g/mol. The summed E-state index contributed by atoms with van der Waals surface area (Å²) in [5.74, 6) is 0.593. The number of nitrogens with one attached hydrogen (secondary N) is 2. The summed E-state index contributed by atoms with van der Waals surface area (Å²) in [6, 6.07) is 15.2. The van der Waals surface area contributed by atoms with E-state index in [-0.39, 0.29) is 11.9 Å². The molecule has 0 spiro atoms. The molecule has 0 radical (unpaired) electrons. The summed E-state index contributed by atoms with van der Waals surface area (Å²) in [6.07, 6.45) is 7.84. The molecule has 8 heteroatoms. The second kappa shape index (κ2) is 8.35. The lowest BCUT2D eigenvalue weighted by atomic mass is 10.1. The minimum absolute atomic E-state index is 0.0467. The molecule has 0 bridgehead atoms. The molecule has 5 rings (SSSR count). The quantitative estimate of drug-likeness (QED) is 0.524. The number of H-pyrrole nitrogens is 1. The van der Waals surface area contributed by atoms with Crippen LogP contribution in [0.2, 0.25) is 0 Å². The molecule has 3 aromatic heterocycles. The zero-order chi connectivity index (χ0) is 21.0. The zero-order valence-electron chi connectivity index (χ0n) is 16.8. The molecule has 1 amide bonds. The van der Waals surface area contributed by atoms with E-state index in [2.05, 4.69) is 35.4 Å². The summed E-state index contributed by atoms with van der Waals surface area (Å²) in [4.78, 5) is 28.1. The smallest absolute Gasteiger partial charge is 0.251 e. The summed E-state index contributed by atoms with van der Waals surface area (Å²) < 4.78 is 0. The van der Waals surface area contributed by atoms with Crippen molar-refractivity contribution in [3.8, 4) is 22.5 Å². The largest absolute Gasteiger partial charge is 0.347 e. The number of carbonyl (C=O) groups is 1. The van der Waals surface area contributed by atoms with E-state index in [1.807, 2.05) is 48.5 Å². The van der Waals surface area contributed by atoms with Crippen molar-refractivity contribution in [1.29, 1.82) is 0 Å². The summed E-state index contributed by atoms with van der Waals surface area (Å²) in [5.41, 5.74) is 4.34. The lowest BCUT2D eigenvalue weighted by Crippen LogP contribution is -2.37. The first-order chi connectivity index (χ1) is 15.3. The summed E-state index contributed by atoms with van der Waals surface area (Å²) in [7, 11) is 0. The Kier molecular flexibility index (Phi) is 5.10. The van der Waals surface area contributed by atoms with Gasteiger partial charge in [0.1, 0.15) is 0 Å². The van der Waals surface area contributed by atoms with Crippen LogP contribution in [0.15, 0.2) is 73.3 Å². The number of aromatic nitrogens is 5. The van der Waals surface area contributed by atoms with Gasteiger partial charge in [0.25, 0.3) is 5.91 Å². The van der Waals surface area contributed by atoms with E-state index in [9.17, 15) is 4.79 Å². The third kappa shape index (κ3) is 4.13. The monoisotopic (exact) mass is 411 g/mol. The average Bonchev–Trinajstić information content (AvgIpc) is 3.53. The Morgan fingerprint density at radius 2 is 1.94 bits per heavy atom. The van der Waals surface area contributed by atoms with E-state index in [1.54, 1.807) is 24.8 Å². The maximum absolute atomic E-state index is 12.7. The number of nitrogens with zero attached hydrogens (tertiary/aromatic N) is 5. The van der Waals surface area contributed by atoms with Crippen molar-refractivity contribution in [3.05, 3.63) is 78.9 Å². The molecule has 1 fully saturated rings. The highest BCUT2D eigenvalue weighted by atomic mass is 16.1. The standard InChI is InChI=1S/C23H21N7O/c31-22(17-5-3-16(4-6-17)21-8-12-26-29-21)27-19-9-13-30(15-19)23-25-11-7-20(28-23)18-2-1-10-24-14-18/h1-8,10-12,14,19H,9,13,15H2,(H,26,29)(H,27,31). The highest BCUT2D eigenvalue weighted by Gasteiger charge is 2.26. The Bertz CT molecular complexity index is 1160. The Morgan fingerprint density at radius 1 is 1.03 bits per heavy atom. The molecule has 2 N–H and O–H groups in total. The molecular formula is C23H21N7O. The summed E-state index contributed by atoms with van der Waals surface area (Å²) in [6.45, 7) is 1.47. The molecule has 8 nitrogen and oxygen atoms in total. The molecule has 0 saturated carbocycles. The maximum Gasteiger partial charge on any atom is 0.251 e. The number of carbonyl (C=O) groups excluding carboxylic acids is 1. The van der Waals surface area contributed by atoms with Crippen LogP contribution in [0.5, 0.6) is 0 Å². The Hall–Kier alpha value is -4.07. The number of pyridine rings is 1. The number of rotatable bonds is 5. The molecule has 4 heterocycles. The number of anilines is 1. The Balaban J connectivity index is 1.23. The van der Waals surface area contributed by atoms with Gasteiger partial charge in [-0.05, 0) is 48.4 Å². The fourth-order valence-corrected chi connectivity index (χ4v) is 3.72. The second-order valence-corrected chi connectivity index (χ2v) is 7.44. The molecule has 0 aliphatic carbocycles. The van der Waals surface area contributed by atoms with Crippen molar-refractivity contribution in [2.45, 2.75) is 12.5 Å². The lowest BCUT2D eigenvalue weighted by molar-refractivity contribution is 0.0940. The zero-order valence-corrected chi connectivity index (χ0v) is 16.8. The predicted octanol–water partition coefficient (Wildman–Crippen LogP) is 2.94. The van der Waals surface area contributed by atoms with E-state index < -0.39 is 0 Å². The van der Waals surface area contributed by atoms with Crippen molar-refractivity contribution in [2.24, 2.45) is 0 Å². The third-order valence-corrected chi connectivity index (χ3v) is 5.37. The lowest BCUT2D eigenvalue weighted by Gasteiger charge is -2.17. The van der Waals surface area contributed by atoms with Crippen LogP contribution in [0.1, 0.15) is 16.8 Å². The van der Waals surface area contributed by atoms with Crippen molar-refractivity contribution in [1.82, 2.24) is 30.5 Å². The van der Waals surface area contributed by atoms with Gasteiger partial charge in [0.2, 0.25) is 5.95 Å². The molecule has 1 atom stereocenters. The van der Waals surface area contributed by atoms with E-state index >= 15 is 0 Å². The van der Waals surface area contributed by atoms with E-state index in [4.69, 9.17) is 0 Å². The van der Waals surface area contributed by atoms with Crippen molar-refractivity contribution in [3.63, 3.8) is 0 Å². The van der Waals surface area contributed by atoms with Crippen LogP contribution in [0.25, 0.3) is 22.5 Å². The van der Waals surface area contributed by atoms with Crippen LogP contribution in [0, 0.1) is 0 Å². The highest BCUT2D eigenvalue weighted by molar-refractivity contribution is 5.94. The topological polar surface area (TPSA) is 99.7 Å². The first-order valence-corrected chi connectivity index (χ1v) is 10.2. The third-order valence-electron chi connectivity index (χ3n) is 5.37. The molecule has 1 aliphatic rings. The molecule has 154 valence electrons. The summed E-state index contributed by atoms with van der Waals surface area (Å²) in [5, 5.41) is 10.0. The normalized spacial score (nSPS) is 15.7. The van der Waals surface area contributed by atoms with Gasteiger partial charge >= 0.3 is 0 Å². The molecule has 4 aromatic rings. The SMILES string of the molecule is O=C(NC1CCN(c2nccc(-c3cccnc3)n2)C1)c1ccc(-c2ccn[nH]2)cc1. The van der Waals surface area contributed by atoms with Crippen LogP contribution >= 0.6 is 0 Å². The Labute approximate surface area is 179 Å². The van der Waals surface area contributed by atoms with Gasteiger partial charge in [0, 0.05) is 55.0 Å². The first kappa shape index (κ1) is 18.9. The van der Waals surface area contributed by atoms with Gasteiger partial charge < -0.3 is 10.2 Å². The molecule has 1 saturated heterocycles. The van der Waals surface area contributed by atoms with Gasteiger partial charge in [-0.25, -0.2) is 9.97 Å². The molecule has 1 aromatic carbocycles. The number of benzene rings is 1. The minimum Gasteiger partial charge on any atom is -0.347 e.